The Hall–Kier alpha value is -2.29. The number of aromatic nitrogens is 6. The third-order valence-corrected chi connectivity index (χ3v) is 2.68. The first-order valence-corrected chi connectivity index (χ1v) is 6.28. The van der Waals surface area contributed by atoms with Gasteiger partial charge in [-0.05, 0) is 13.3 Å². The fourth-order valence-corrected chi connectivity index (χ4v) is 1.53. The molecule has 0 saturated heterocycles. The fourth-order valence-electron chi connectivity index (χ4n) is 1.53. The van der Waals surface area contributed by atoms with E-state index >= 15 is 0 Å². The summed E-state index contributed by atoms with van der Waals surface area (Å²) < 4.78 is 1.47. The Kier molecular flexibility index (Phi) is 4.41. The molecule has 2 aromatic rings. The first kappa shape index (κ1) is 14.1. The lowest BCUT2D eigenvalue weighted by Gasteiger charge is -2.18. The van der Waals surface area contributed by atoms with Crippen LogP contribution in [0.4, 0.5) is 11.9 Å². The predicted molar refractivity (Wildman–Crippen MR) is 73.9 cm³/mol. The number of nitrogens with one attached hydrogen (secondary N) is 1. The van der Waals surface area contributed by atoms with E-state index in [9.17, 15) is 5.11 Å². The van der Waals surface area contributed by atoms with E-state index in [1.54, 1.807) is 14.0 Å². The molecule has 1 unspecified atom stereocenters. The predicted octanol–water partition coefficient (Wildman–Crippen LogP) is -0.299. The maximum Gasteiger partial charge on any atom is 0.258 e. The van der Waals surface area contributed by atoms with E-state index in [1.165, 1.54) is 17.3 Å². The van der Waals surface area contributed by atoms with Gasteiger partial charge in [-0.2, -0.15) is 24.7 Å². The molecule has 9 nitrogen and oxygen atoms in total. The number of hydrogen-bond acceptors (Lipinski definition) is 8. The molecule has 2 aromatic heterocycles. The molecule has 0 spiro atoms. The van der Waals surface area contributed by atoms with Crippen LogP contribution in [0.5, 0.6) is 0 Å². The van der Waals surface area contributed by atoms with Gasteiger partial charge >= 0.3 is 0 Å². The highest BCUT2D eigenvalue weighted by Crippen LogP contribution is 2.11. The van der Waals surface area contributed by atoms with E-state index in [2.05, 4.69) is 30.4 Å². The number of anilines is 2. The molecule has 108 valence electrons. The lowest BCUT2D eigenvalue weighted by atomic mass is 10.3. The summed E-state index contributed by atoms with van der Waals surface area (Å²) in [6.45, 7) is 2.39. The largest absolute Gasteiger partial charge is 0.393 e. The van der Waals surface area contributed by atoms with Crippen molar-refractivity contribution in [3.05, 3.63) is 12.7 Å². The minimum atomic E-state index is -0.363. The van der Waals surface area contributed by atoms with Crippen molar-refractivity contribution >= 4 is 11.9 Å². The highest BCUT2D eigenvalue weighted by atomic mass is 16.3. The molecule has 20 heavy (non-hydrogen) atoms. The highest BCUT2D eigenvalue weighted by molar-refractivity contribution is 5.38. The first-order valence-electron chi connectivity index (χ1n) is 6.28. The van der Waals surface area contributed by atoms with Gasteiger partial charge in [-0.15, -0.1) is 0 Å². The van der Waals surface area contributed by atoms with E-state index in [0.717, 1.165) is 0 Å². The molecular formula is C11H18N8O. The molecule has 0 saturated carbocycles. The Morgan fingerprint density at radius 3 is 2.80 bits per heavy atom. The molecule has 2 N–H and O–H groups in total. The van der Waals surface area contributed by atoms with Crippen LogP contribution in [0, 0.1) is 0 Å². The van der Waals surface area contributed by atoms with Crippen molar-refractivity contribution in [2.24, 2.45) is 0 Å². The summed E-state index contributed by atoms with van der Waals surface area (Å²) in [5.41, 5.74) is 0. The van der Waals surface area contributed by atoms with Crippen LogP contribution in [-0.2, 0) is 0 Å². The number of nitrogens with zero attached hydrogens (tertiary/aromatic N) is 7. The quantitative estimate of drug-likeness (QED) is 0.742. The van der Waals surface area contributed by atoms with Crippen LogP contribution in [0.15, 0.2) is 12.7 Å². The van der Waals surface area contributed by atoms with Gasteiger partial charge in [0.1, 0.15) is 12.7 Å². The highest BCUT2D eigenvalue weighted by Gasteiger charge is 2.12. The van der Waals surface area contributed by atoms with Crippen molar-refractivity contribution < 1.29 is 5.11 Å². The van der Waals surface area contributed by atoms with Gasteiger partial charge in [-0.3, -0.25) is 0 Å². The van der Waals surface area contributed by atoms with E-state index in [4.69, 9.17) is 0 Å². The minimum Gasteiger partial charge on any atom is -0.393 e. The molecule has 0 bridgehead atoms. The minimum absolute atomic E-state index is 0.363. The molecule has 0 radical (unpaired) electrons. The zero-order valence-corrected chi connectivity index (χ0v) is 11.7. The fraction of sp³-hybridized carbons (Fsp3) is 0.545. The Labute approximate surface area is 116 Å². The molecule has 0 amide bonds. The Morgan fingerprint density at radius 1 is 1.40 bits per heavy atom. The van der Waals surface area contributed by atoms with Crippen molar-refractivity contribution in [3.63, 3.8) is 0 Å². The Balaban J connectivity index is 2.26. The third kappa shape index (κ3) is 3.38. The molecule has 9 heteroatoms. The Morgan fingerprint density at radius 2 is 2.20 bits per heavy atom. The lowest BCUT2D eigenvalue weighted by molar-refractivity contribution is 0.186. The third-order valence-electron chi connectivity index (χ3n) is 2.68. The van der Waals surface area contributed by atoms with Crippen LogP contribution in [0.25, 0.3) is 5.95 Å². The van der Waals surface area contributed by atoms with Gasteiger partial charge in [0.15, 0.2) is 0 Å². The molecule has 1 atom stereocenters. The molecular weight excluding hydrogens is 260 g/mol. The smallest absolute Gasteiger partial charge is 0.258 e. The maximum atomic E-state index is 9.34. The summed E-state index contributed by atoms with van der Waals surface area (Å²) in [6.07, 6.45) is 3.21. The number of aliphatic hydroxyl groups is 1. The van der Waals surface area contributed by atoms with Gasteiger partial charge < -0.3 is 15.3 Å². The first-order chi connectivity index (χ1) is 9.60. The van der Waals surface area contributed by atoms with Crippen LogP contribution in [0.2, 0.25) is 0 Å². The SMILES string of the molecule is CNc1nc(N(C)CCC(C)O)nc(-n2cncn2)n1. The van der Waals surface area contributed by atoms with Gasteiger partial charge in [0.05, 0.1) is 6.10 Å². The molecule has 2 rings (SSSR count). The monoisotopic (exact) mass is 278 g/mol. The summed E-state index contributed by atoms with van der Waals surface area (Å²) in [4.78, 5) is 18.6. The number of rotatable bonds is 6. The second kappa shape index (κ2) is 6.24. The van der Waals surface area contributed by atoms with Crippen LogP contribution >= 0.6 is 0 Å². The standard InChI is InChI=1S/C11H18N8O/c1-8(20)4-5-18(3)10-15-9(12-2)16-11(17-10)19-7-13-6-14-19/h6-8,20H,4-5H2,1-3H3,(H,12,15,16,17). The second-order valence-electron chi connectivity index (χ2n) is 4.41. The lowest BCUT2D eigenvalue weighted by Crippen LogP contribution is -2.25. The van der Waals surface area contributed by atoms with Crippen molar-refractivity contribution in [1.82, 2.24) is 29.7 Å². The zero-order valence-electron chi connectivity index (χ0n) is 11.7. The summed E-state index contributed by atoms with van der Waals surface area (Å²) in [5, 5.41) is 16.2. The van der Waals surface area contributed by atoms with Gasteiger partial charge in [-0.1, -0.05) is 0 Å². The van der Waals surface area contributed by atoms with Crippen molar-refractivity contribution in [2.75, 3.05) is 30.9 Å². The summed E-state index contributed by atoms with van der Waals surface area (Å²) in [5.74, 6) is 1.35. The van der Waals surface area contributed by atoms with E-state index in [1.807, 2.05) is 11.9 Å². The number of hydrogen-bond donors (Lipinski definition) is 2. The summed E-state index contributed by atoms with van der Waals surface area (Å²) in [7, 11) is 3.60. The van der Waals surface area contributed by atoms with Crippen LogP contribution in [0.3, 0.4) is 0 Å². The van der Waals surface area contributed by atoms with Crippen molar-refractivity contribution in [2.45, 2.75) is 19.4 Å². The molecule has 0 fully saturated rings. The van der Waals surface area contributed by atoms with Gasteiger partial charge in [0.2, 0.25) is 11.9 Å². The molecule has 0 aliphatic rings. The summed E-state index contributed by atoms with van der Waals surface area (Å²) in [6, 6.07) is 0. The number of aliphatic hydroxyl groups excluding tert-OH is 1. The van der Waals surface area contributed by atoms with Crippen LogP contribution < -0.4 is 10.2 Å². The molecule has 0 aliphatic heterocycles. The zero-order chi connectivity index (χ0) is 14.5. The van der Waals surface area contributed by atoms with E-state index in [0.29, 0.717) is 30.8 Å². The average Bonchev–Trinajstić information content (AvgIpc) is 2.98. The second-order valence-corrected chi connectivity index (χ2v) is 4.41. The summed E-state index contributed by atoms with van der Waals surface area (Å²) >= 11 is 0. The van der Waals surface area contributed by atoms with E-state index in [-0.39, 0.29) is 6.10 Å². The van der Waals surface area contributed by atoms with Crippen LogP contribution in [0.1, 0.15) is 13.3 Å². The molecule has 0 aromatic carbocycles. The average molecular weight is 278 g/mol. The van der Waals surface area contributed by atoms with Crippen LogP contribution in [-0.4, -0.2) is 61.6 Å². The van der Waals surface area contributed by atoms with Gasteiger partial charge in [0.25, 0.3) is 5.95 Å². The van der Waals surface area contributed by atoms with E-state index < -0.39 is 0 Å². The molecule has 0 aliphatic carbocycles. The topological polar surface area (TPSA) is 105 Å². The van der Waals surface area contributed by atoms with Gasteiger partial charge in [-0.25, -0.2) is 4.98 Å². The Bertz CT molecular complexity index is 541. The van der Waals surface area contributed by atoms with Gasteiger partial charge in [0, 0.05) is 20.6 Å². The maximum absolute atomic E-state index is 9.34. The van der Waals surface area contributed by atoms with Crippen molar-refractivity contribution in [3.8, 4) is 5.95 Å². The normalized spacial score (nSPS) is 12.2. The molecule has 2 heterocycles. The van der Waals surface area contributed by atoms with Crippen molar-refractivity contribution in [1.29, 1.82) is 0 Å².